The molecule has 4 heterocycles. The van der Waals surface area contributed by atoms with Crippen molar-refractivity contribution in [2.45, 2.75) is 12.8 Å². The highest BCUT2D eigenvalue weighted by atomic mass is 16.2. The summed E-state index contributed by atoms with van der Waals surface area (Å²) < 4.78 is 0. The number of pyridine rings is 1. The molecule has 2 fully saturated rings. The molecule has 0 aliphatic carbocycles. The maximum atomic E-state index is 12.8. The fourth-order valence-electron chi connectivity index (χ4n) is 3.57. The maximum absolute atomic E-state index is 12.8. The second-order valence-corrected chi connectivity index (χ2v) is 6.00. The molecule has 2 aromatic rings. The summed E-state index contributed by atoms with van der Waals surface area (Å²) in [5.41, 5.74) is 1.87. The van der Waals surface area contributed by atoms with Gasteiger partial charge in [0.05, 0.1) is 5.56 Å². The van der Waals surface area contributed by atoms with Crippen LogP contribution in [0.4, 0.5) is 0 Å². The number of hydrogen-bond donors (Lipinski definition) is 2. The first-order valence-corrected chi connectivity index (χ1v) is 7.20. The van der Waals surface area contributed by atoms with Crippen molar-refractivity contribution in [3.63, 3.8) is 0 Å². The summed E-state index contributed by atoms with van der Waals surface area (Å²) in [6, 6.07) is 3.76. The zero-order valence-corrected chi connectivity index (χ0v) is 11.4. The van der Waals surface area contributed by atoms with Gasteiger partial charge in [0, 0.05) is 42.8 Å². The van der Waals surface area contributed by atoms with E-state index in [1.807, 2.05) is 23.2 Å². The Balaban J connectivity index is 1.63. The number of amides is 1. The molecule has 2 aliphatic rings. The third-order valence-corrected chi connectivity index (χ3v) is 4.75. The predicted molar refractivity (Wildman–Crippen MR) is 76.5 cm³/mol. The highest BCUT2D eigenvalue weighted by Crippen LogP contribution is 2.36. The Bertz CT molecular complexity index is 657. The van der Waals surface area contributed by atoms with Crippen molar-refractivity contribution in [1.29, 1.82) is 0 Å². The molecule has 0 aromatic carbocycles. The normalized spacial score (nSPS) is 25.9. The lowest BCUT2D eigenvalue weighted by Crippen LogP contribution is -2.33. The van der Waals surface area contributed by atoms with Gasteiger partial charge < -0.3 is 15.2 Å². The van der Waals surface area contributed by atoms with Gasteiger partial charge in [0.1, 0.15) is 5.65 Å². The minimum atomic E-state index is 0.140. The number of nitrogens with one attached hydrogen (secondary N) is 2. The fourth-order valence-corrected chi connectivity index (χ4v) is 3.57. The lowest BCUT2D eigenvalue weighted by molar-refractivity contribution is 0.0777. The van der Waals surface area contributed by atoms with Crippen molar-refractivity contribution >= 4 is 16.9 Å². The number of carbonyl (C=O) groups is 1. The summed E-state index contributed by atoms with van der Waals surface area (Å²) in [5.74, 6) is 0.140. The number of hydrogen-bond acceptors (Lipinski definition) is 3. The molecule has 0 saturated carbocycles. The van der Waals surface area contributed by atoms with Crippen molar-refractivity contribution in [3.05, 3.63) is 30.1 Å². The molecule has 2 N–H and O–H groups in total. The smallest absolute Gasteiger partial charge is 0.254 e. The Kier molecular flexibility index (Phi) is 2.57. The number of rotatable bonds is 1. The van der Waals surface area contributed by atoms with Crippen LogP contribution in [0, 0.1) is 5.41 Å². The zero-order valence-electron chi connectivity index (χ0n) is 11.4. The van der Waals surface area contributed by atoms with Crippen LogP contribution in [0.2, 0.25) is 0 Å². The standard InChI is InChI=1S/C15H18N4O/c20-14(12-2-6-18-13-11(12)1-5-17-13)19-8-4-15(10-19)3-7-16-9-15/h1-2,5-6,16H,3-4,7-10H2,(H,17,18). The lowest BCUT2D eigenvalue weighted by atomic mass is 9.86. The minimum absolute atomic E-state index is 0.140. The van der Waals surface area contributed by atoms with Gasteiger partial charge in [0.15, 0.2) is 0 Å². The molecule has 104 valence electrons. The van der Waals surface area contributed by atoms with E-state index >= 15 is 0 Å². The largest absolute Gasteiger partial charge is 0.346 e. The fraction of sp³-hybridized carbons (Fsp3) is 0.467. The number of fused-ring (bicyclic) bond motifs is 1. The van der Waals surface area contributed by atoms with Gasteiger partial charge in [-0.1, -0.05) is 0 Å². The van der Waals surface area contributed by atoms with Crippen LogP contribution in [0.25, 0.3) is 11.0 Å². The summed E-state index contributed by atoms with van der Waals surface area (Å²) in [6.07, 6.45) is 5.84. The van der Waals surface area contributed by atoms with Crippen LogP contribution >= 0.6 is 0 Å². The van der Waals surface area contributed by atoms with E-state index < -0.39 is 0 Å². The first-order valence-electron chi connectivity index (χ1n) is 7.20. The van der Waals surface area contributed by atoms with E-state index in [2.05, 4.69) is 15.3 Å². The van der Waals surface area contributed by atoms with E-state index in [9.17, 15) is 4.79 Å². The Morgan fingerprint density at radius 1 is 1.35 bits per heavy atom. The van der Waals surface area contributed by atoms with E-state index in [0.717, 1.165) is 49.2 Å². The summed E-state index contributed by atoms with van der Waals surface area (Å²) in [6.45, 7) is 3.88. The topological polar surface area (TPSA) is 61.0 Å². The minimum Gasteiger partial charge on any atom is -0.346 e. The summed E-state index contributed by atoms with van der Waals surface area (Å²) in [5, 5.41) is 4.35. The van der Waals surface area contributed by atoms with Crippen LogP contribution < -0.4 is 5.32 Å². The second-order valence-electron chi connectivity index (χ2n) is 6.00. The molecule has 2 saturated heterocycles. The van der Waals surface area contributed by atoms with Crippen LogP contribution in [0.15, 0.2) is 24.5 Å². The predicted octanol–water partition coefficient (Wildman–Crippen LogP) is 1.39. The molecule has 0 radical (unpaired) electrons. The van der Waals surface area contributed by atoms with E-state index in [4.69, 9.17) is 0 Å². The molecule has 1 amide bonds. The Morgan fingerprint density at radius 2 is 2.30 bits per heavy atom. The molecular formula is C15H18N4O. The second kappa shape index (κ2) is 4.31. The van der Waals surface area contributed by atoms with Gasteiger partial charge in [-0.2, -0.15) is 0 Å². The van der Waals surface area contributed by atoms with Crippen molar-refractivity contribution < 1.29 is 4.79 Å². The SMILES string of the molecule is O=C(c1ccnc2[nH]ccc12)N1CCC2(CCNC2)C1. The molecular weight excluding hydrogens is 252 g/mol. The average molecular weight is 270 g/mol. The third-order valence-electron chi connectivity index (χ3n) is 4.75. The molecule has 4 rings (SSSR count). The van der Waals surface area contributed by atoms with Gasteiger partial charge in [0.25, 0.3) is 5.91 Å². The van der Waals surface area contributed by atoms with Crippen LogP contribution in [0.5, 0.6) is 0 Å². The zero-order chi connectivity index (χ0) is 13.6. The number of aromatic nitrogens is 2. The molecule has 0 bridgehead atoms. The first kappa shape index (κ1) is 11.9. The molecule has 1 spiro atoms. The van der Waals surface area contributed by atoms with Gasteiger partial charge in [0.2, 0.25) is 0 Å². The quantitative estimate of drug-likeness (QED) is 0.823. The maximum Gasteiger partial charge on any atom is 0.254 e. The van der Waals surface area contributed by atoms with Crippen molar-refractivity contribution in [3.8, 4) is 0 Å². The van der Waals surface area contributed by atoms with Crippen molar-refractivity contribution in [2.75, 3.05) is 26.2 Å². The molecule has 20 heavy (non-hydrogen) atoms. The van der Waals surface area contributed by atoms with Gasteiger partial charge in [-0.25, -0.2) is 4.98 Å². The molecule has 5 heteroatoms. The van der Waals surface area contributed by atoms with Crippen LogP contribution in [-0.2, 0) is 0 Å². The number of nitrogens with zero attached hydrogens (tertiary/aromatic N) is 2. The van der Waals surface area contributed by atoms with E-state index in [1.165, 1.54) is 6.42 Å². The first-order chi connectivity index (χ1) is 9.77. The Morgan fingerprint density at radius 3 is 3.15 bits per heavy atom. The number of carbonyl (C=O) groups excluding carboxylic acids is 1. The Hall–Kier alpha value is -1.88. The van der Waals surface area contributed by atoms with Crippen LogP contribution in [-0.4, -0.2) is 47.0 Å². The molecule has 2 aliphatic heterocycles. The molecule has 5 nitrogen and oxygen atoms in total. The van der Waals surface area contributed by atoms with Gasteiger partial charge in [-0.3, -0.25) is 4.79 Å². The van der Waals surface area contributed by atoms with Crippen LogP contribution in [0.1, 0.15) is 23.2 Å². The van der Waals surface area contributed by atoms with Crippen molar-refractivity contribution in [2.24, 2.45) is 5.41 Å². The van der Waals surface area contributed by atoms with Gasteiger partial charge in [-0.15, -0.1) is 0 Å². The average Bonchev–Trinajstić information content (AvgIpc) is 3.19. The lowest BCUT2D eigenvalue weighted by Gasteiger charge is -2.23. The van der Waals surface area contributed by atoms with E-state index in [-0.39, 0.29) is 5.91 Å². The molecule has 2 aromatic heterocycles. The molecule has 1 atom stereocenters. The number of H-pyrrole nitrogens is 1. The van der Waals surface area contributed by atoms with E-state index in [0.29, 0.717) is 5.41 Å². The monoisotopic (exact) mass is 270 g/mol. The number of likely N-dealkylation sites (tertiary alicyclic amines) is 1. The van der Waals surface area contributed by atoms with E-state index in [1.54, 1.807) is 6.20 Å². The highest BCUT2D eigenvalue weighted by Gasteiger charge is 2.42. The number of aromatic amines is 1. The highest BCUT2D eigenvalue weighted by molar-refractivity contribution is 6.05. The van der Waals surface area contributed by atoms with Crippen molar-refractivity contribution in [1.82, 2.24) is 20.2 Å². The summed E-state index contributed by atoms with van der Waals surface area (Å²) >= 11 is 0. The van der Waals surface area contributed by atoms with Gasteiger partial charge >= 0.3 is 0 Å². The Labute approximate surface area is 117 Å². The summed E-state index contributed by atoms with van der Waals surface area (Å²) in [4.78, 5) is 22.1. The molecule has 1 unspecified atom stereocenters. The third kappa shape index (κ3) is 1.73. The van der Waals surface area contributed by atoms with Gasteiger partial charge in [-0.05, 0) is 31.5 Å². The van der Waals surface area contributed by atoms with Crippen LogP contribution in [0.3, 0.4) is 0 Å². The summed E-state index contributed by atoms with van der Waals surface area (Å²) in [7, 11) is 0.